The topological polar surface area (TPSA) is 81.3 Å². The number of anilines is 4. The van der Waals surface area contributed by atoms with Crippen LogP contribution in [-0.4, -0.2) is 0 Å². The molecule has 0 aliphatic carbocycles. The number of nitrogens with two attached hydrogens (primary N) is 3. The van der Waals surface area contributed by atoms with Gasteiger partial charge in [-0.05, 0) is 73.7 Å². The first-order chi connectivity index (χ1) is 11.0. The summed E-state index contributed by atoms with van der Waals surface area (Å²) in [4.78, 5) is 2.06. The average Bonchev–Trinajstić information content (AvgIpc) is 2.54. The van der Waals surface area contributed by atoms with Crippen LogP contribution in [0, 0.1) is 0 Å². The zero-order valence-corrected chi connectivity index (χ0v) is 13.2. The number of allylic oxidation sites excluding steroid dienone is 4. The zero-order chi connectivity index (χ0) is 16.8. The standard InChI is InChI=1S/C19H22N4/c1-3-17(9-4-14(2)20)23(18-10-5-15(21)6-11-18)19-12-7-16(22)8-13-19/h3-13H,1,20-22H2,2H3/b14-4+,17-9+. The monoisotopic (exact) mass is 306 g/mol. The van der Waals surface area contributed by atoms with E-state index in [2.05, 4.69) is 11.5 Å². The highest BCUT2D eigenvalue weighted by Crippen LogP contribution is 2.31. The predicted octanol–water partition coefficient (Wildman–Crippen LogP) is 3.92. The van der Waals surface area contributed by atoms with Gasteiger partial charge in [-0.1, -0.05) is 6.58 Å². The molecule has 0 atom stereocenters. The molecular formula is C19H22N4. The second-order valence-corrected chi connectivity index (χ2v) is 5.22. The molecule has 0 heterocycles. The zero-order valence-electron chi connectivity index (χ0n) is 13.2. The van der Waals surface area contributed by atoms with E-state index in [1.54, 1.807) is 6.08 Å². The fraction of sp³-hybridized carbons (Fsp3) is 0.0526. The molecule has 0 radical (unpaired) electrons. The Morgan fingerprint density at radius 1 is 0.870 bits per heavy atom. The van der Waals surface area contributed by atoms with Gasteiger partial charge in [-0.2, -0.15) is 0 Å². The first-order valence-electron chi connectivity index (χ1n) is 7.29. The molecule has 0 saturated heterocycles. The molecule has 2 rings (SSSR count). The summed E-state index contributed by atoms with van der Waals surface area (Å²) in [7, 11) is 0. The van der Waals surface area contributed by atoms with Crippen LogP contribution in [0.15, 0.2) is 84.7 Å². The SMILES string of the molecule is C=C/C(=C\C=C(/C)N)N(c1ccc(N)cc1)c1ccc(N)cc1. The van der Waals surface area contributed by atoms with E-state index < -0.39 is 0 Å². The summed E-state index contributed by atoms with van der Waals surface area (Å²) >= 11 is 0. The van der Waals surface area contributed by atoms with Crippen LogP contribution in [0.25, 0.3) is 0 Å². The Bertz CT molecular complexity index is 675. The van der Waals surface area contributed by atoms with Crippen LogP contribution >= 0.6 is 0 Å². The van der Waals surface area contributed by atoms with Gasteiger partial charge in [0, 0.05) is 34.1 Å². The van der Waals surface area contributed by atoms with Gasteiger partial charge in [0.2, 0.25) is 0 Å². The van der Waals surface area contributed by atoms with E-state index in [9.17, 15) is 0 Å². The Morgan fingerprint density at radius 3 is 1.65 bits per heavy atom. The fourth-order valence-corrected chi connectivity index (χ4v) is 2.14. The van der Waals surface area contributed by atoms with E-state index in [0.717, 1.165) is 22.8 Å². The van der Waals surface area contributed by atoms with E-state index in [1.165, 1.54) is 0 Å². The second kappa shape index (κ2) is 7.22. The number of nitrogens with zero attached hydrogens (tertiary/aromatic N) is 1. The van der Waals surface area contributed by atoms with Crippen molar-refractivity contribution in [3.63, 3.8) is 0 Å². The molecule has 0 amide bonds. The van der Waals surface area contributed by atoms with Crippen LogP contribution in [0.4, 0.5) is 22.7 Å². The number of nitrogen functional groups attached to an aromatic ring is 2. The molecule has 23 heavy (non-hydrogen) atoms. The lowest BCUT2D eigenvalue weighted by molar-refractivity contribution is 1.21. The van der Waals surface area contributed by atoms with Crippen LogP contribution in [0.1, 0.15) is 6.92 Å². The maximum Gasteiger partial charge on any atom is 0.0463 e. The van der Waals surface area contributed by atoms with Crippen LogP contribution in [0.2, 0.25) is 0 Å². The van der Waals surface area contributed by atoms with Crippen molar-refractivity contribution < 1.29 is 0 Å². The largest absolute Gasteiger partial charge is 0.402 e. The first kappa shape index (κ1) is 16.2. The normalized spacial score (nSPS) is 12.0. The van der Waals surface area contributed by atoms with E-state index >= 15 is 0 Å². The van der Waals surface area contributed by atoms with Gasteiger partial charge in [-0.15, -0.1) is 0 Å². The molecule has 0 bridgehead atoms. The summed E-state index contributed by atoms with van der Waals surface area (Å²) in [5, 5.41) is 0. The smallest absolute Gasteiger partial charge is 0.0463 e. The molecule has 4 nitrogen and oxygen atoms in total. The highest BCUT2D eigenvalue weighted by Gasteiger charge is 2.12. The third-order valence-corrected chi connectivity index (χ3v) is 3.29. The molecule has 0 aliphatic heterocycles. The Balaban J connectivity index is 2.56. The first-order valence-corrected chi connectivity index (χ1v) is 7.29. The van der Waals surface area contributed by atoms with Crippen LogP contribution < -0.4 is 22.1 Å². The van der Waals surface area contributed by atoms with Gasteiger partial charge in [-0.3, -0.25) is 0 Å². The van der Waals surface area contributed by atoms with Gasteiger partial charge in [0.25, 0.3) is 0 Å². The Hall–Kier alpha value is -3.14. The molecule has 0 fully saturated rings. The van der Waals surface area contributed by atoms with Crippen LogP contribution in [0.3, 0.4) is 0 Å². The Morgan fingerprint density at radius 2 is 1.30 bits per heavy atom. The van der Waals surface area contributed by atoms with Gasteiger partial charge in [0.1, 0.15) is 0 Å². The molecular weight excluding hydrogens is 284 g/mol. The highest BCUT2D eigenvalue weighted by molar-refractivity contribution is 5.72. The summed E-state index contributed by atoms with van der Waals surface area (Å²) in [6.45, 7) is 5.76. The molecule has 0 unspecified atom stereocenters. The molecule has 0 aliphatic rings. The summed E-state index contributed by atoms with van der Waals surface area (Å²) in [5.41, 5.74) is 22.3. The van der Waals surface area contributed by atoms with Gasteiger partial charge in [0.05, 0.1) is 0 Å². The van der Waals surface area contributed by atoms with E-state index in [1.807, 2.05) is 67.6 Å². The average molecular weight is 306 g/mol. The van der Waals surface area contributed by atoms with E-state index in [-0.39, 0.29) is 0 Å². The van der Waals surface area contributed by atoms with Gasteiger partial charge in [0.15, 0.2) is 0 Å². The summed E-state index contributed by atoms with van der Waals surface area (Å²) in [5.74, 6) is 0. The van der Waals surface area contributed by atoms with Crippen molar-refractivity contribution in [3.05, 3.63) is 84.7 Å². The van der Waals surface area contributed by atoms with E-state index in [4.69, 9.17) is 17.2 Å². The van der Waals surface area contributed by atoms with Gasteiger partial charge < -0.3 is 22.1 Å². The number of rotatable bonds is 5. The minimum atomic E-state index is 0.716. The third kappa shape index (κ3) is 4.17. The van der Waals surface area contributed by atoms with Crippen LogP contribution in [-0.2, 0) is 0 Å². The molecule has 118 valence electrons. The maximum atomic E-state index is 5.80. The van der Waals surface area contributed by atoms with Crippen molar-refractivity contribution in [1.82, 2.24) is 0 Å². The highest BCUT2D eigenvalue weighted by atomic mass is 15.1. The van der Waals surface area contributed by atoms with Crippen molar-refractivity contribution in [2.45, 2.75) is 6.92 Å². The summed E-state index contributed by atoms with van der Waals surface area (Å²) in [6.07, 6.45) is 5.56. The van der Waals surface area contributed by atoms with Crippen molar-refractivity contribution in [2.75, 3.05) is 16.4 Å². The number of hydrogen-bond donors (Lipinski definition) is 3. The molecule has 2 aromatic rings. The van der Waals surface area contributed by atoms with Crippen molar-refractivity contribution in [3.8, 4) is 0 Å². The Kier molecular flexibility index (Phi) is 5.10. The van der Waals surface area contributed by atoms with Crippen molar-refractivity contribution >= 4 is 22.7 Å². The van der Waals surface area contributed by atoms with Crippen LogP contribution in [0.5, 0.6) is 0 Å². The van der Waals surface area contributed by atoms with E-state index in [0.29, 0.717) is 11.4 Å². The number of hydrogen-bond acceptors (Lipinski definition) is 4. The fourth-order valence-electron chi connectivity index (χ4n) is 2.14. The summed E-state index contributed by atoms with van der Waals surface area (Å²) in [6, 6.07) is 15.3. The minimum absolute atomic E-state index is 0.716. The van der Waals surface area contributed by atoms with Gasteiger partial charge >= 0.3 is 0 Å². The van der Waals surface area contributed by atoms with Crippen molar-refractivity contribution in [1.29, 1.82) is 0 Å². The maximum absolute atomic E-state index is 5.80. The van der Waals surface area contributed by atoms with Gasteiger partial charge in [-0.25, -0.2) is 0 Å². The molecule has 6 N–H and O–H groups in total. The second-order valence-electron chi connectivity index (χ2n) is 5.22. The molecule has 0 spiro atoms. The summed E-state index contributed by atoms with van der Waals surface area (Å²) < 4.78 is 0. The molecule has 4 heteroatoms. The van der Waals surface area contributed by atoms with Crippen molar-refractivity contribution in [2.24, 2.45) is 5.73 Å². The quantitative estimate of drug-likeness (QED) is 0.577. The minimum Gasteiger partial charge on any atom is -0.402 e. The Labute approximate surface area is 137 Å². The third-order valence-electron chi connectivity index (χ3n) is 3.29. The molecule has 2 aromatic carbocycles. The lowest BCUT2D eigenvalue weighted by Gasteiger charge is -2.26. The lowest BCUT2D eigenvalue weighted by Crippen LogP contribution is -2.15. The molecule has 0 aromatic heterocycles. The predicted molar refractivity (Wildman–Crippen MR) is 100 cm³/mol. The lowest BCUT2D eigenvalue weighted by atomic mass is 10.1. The number of benzene rings is 2. The molecule has 0 saturated carbocycles.